The molecule has 0 N–H and O–H groups in total. The molecule has 0 spiro atoms. The fourth-order valence-electron chi connectivity index (χ4n) is 8.09. The molecule has 1 aliphatic heterocycles. The summed E-state index contributed by atoms with van der Waals surface area (Å²) >= 11 is 0. The Kier molecular flexibility index (Phi) is 7.73. The molecule has 4 atom stereocenters. The first-order valence-corrected chi connectivity index (χ1v) is 17.2. The van der Waals surface area contributed by atoms with Crippen LogP contribution in [0.4, 0.5) is 0 Å². The van der Waals surface area contributed by atoms with E-state index in [2.05, 4.69) is 154 Å². The molecule has 4 unspecified atom stereocenters. The van der Waals surface area contributed by atoms with Crippen LogP contribution in [0.2, 0.25) is 0 Å². The molecule has 0 saturated heterocycles. The maximum Gasteiger partial charge on any atom is 0.136 e. The Balaban J connectivity index is 1.27. The van der Waals surface area contributed by atoms with Crippen LogP contribution < -0.4 is 0 Å². The highest BCUT2D eigenvalue weighted by molar-refractivity contribution is 6.07. The molecule has 0 radical (unpaired) electrons. The zero-order chi connectivity index (χ0) is 31.9. The van der Waals surface area contributed by atoms with E-state index in [-0.39, 0.29) is 6.04 Å². The van der Waals surface area contributed by atoms with Crippen LogP contribution in [-0.2, 0) is 0 Å². The summed E-state index contributed by atoms with van der Waals surface area (Å²) in [6.45, 7) is 6.96. The summed E-state index contributed by atoms with van der Waals surface area (Å²) in [5.74, 6) is 1.05. The summed E-state index contributed by atoms with van der Waals surface area (Å²) in [6.07, 6.45) is 3.26. The highest BCUT2D eigenvalue weighted by atomic mass is 16.3. The van der Waals surface area contributed by atoms with Crippen molar-refractivity contribution in [2.75, 3.05) is 0 Å². The van der Waals surface area contributed by atoms with Gasteiger partial charge in [-0.3, -0.25) is 4.99 Å². The van der Waals surface area contributed by atoms with Crippen LogP contribution in [0.15, 0.2) is 143 Å². The number of benzene rings is 6. The van der Waals surface area contributed by atoms with Crippen molar-refractivity contribution in [3.63, 3.8) is 0 Å². The van der Waals surface area contributed by atoms with E-state index in [4.69, 9.17) is 9.41 Å². The fourth-order valence-corrected chi connectivity index (χ4v) is 8.09. The summed E-state index contributed by atoms with van der Waals surface area (Å²) in [5, 5.41) is 4.93. The van der Waals surface area contributed by atoms with Crippen molar-refractivity contribution in [2.45, 2.75) is 52.0 Å². The van der Waals surface area contributed by atoms with Gasteiger partial charge in [0.2, 0.25) is 0 Å². The second-order valence-corrected chi connectivity index (χ2v) is 13.5. The molecule has 0 aliphatic carbocycles. The first kappa shape index (κ1) is 29.5. The third kappa shape index (κ3) is 5.46. The van der Waals surface area contributed by atoms with Crippen LogP contribution in [-0.4, -0.2) is 5.71 Å². The van der Waals surface area contributed by atoms with Crippen molar-refractivity contribution in [1.82, 2.24) is 0 Å². The van der Waals surface area contributed by atoms with Crippen LogP contribution in [0, 0.1) is 18.8 Å². The molecule has 2 nitrogen and oxygen atoms in total. The standard InChI is InChI=1S/C45H41NO/c1-4-38-39(34-22-19-33(20-23-34)31-12-6-5-7-13-31)25-18-29(2)44(46-45(38)36-24-21-32-14-8-9-15-35(32)27-36)37-26-30(3)43-40-16-10-11-17-41(40)47-42(43)28-37/h5-17,19-24,26-29,38-39,44H,4,18,25H2,1-3H3. The van der Waals surface area contributed by atoms with Gasteiger partial charge in [0.1, 0.15) is 11.2 Å². The van der Waals surface area contributed by atoms with Crippen LogP contribution in [0.5, 0.6) is 0 Å². The van der Waals surface area contributed by atoms with Crippen LogP contribution in [0.1, 0.15) is 67.3 Å². The normalized spacial score (nSPS) is 20.3. The molecule has 1 aromatic heterocycles. The molecule has 232 valence electrons. The van der Waals surface area contributed by atoms with Crippen molar-refractivity contribution < 1.29 is 4.42 Å². The Morgan fingerprint density at radius 1 is 0.638 bits per heavy atom. The topological polar surface area (TPSA) is 25.5 Å². The Bertz CT molecular complexity index is 2220. The molecule has 2 heterocycles. The number of nitrogens with zero attached hydrogens (tertiary/aromatic N) is 1. The van der Waals surface area contributed by atoms with E-state index in [9.17, 15) is 0 Å². The molecule has 47 heavy (non-hydrogen) atoms. The van der Waals surface area contributed by atoms with Crippen molar-refractivity contribution in [3.8, 4) is 11.1 Å². The summed E-state index contributed by atoms with van der Waals surface area (Å²) in [4.78, 5) is 5.83. The highest BCUT2D eigenvalue weighted by Crippen LogP contribution is 2.44. The lowest BCUT2D eigenvalue weighted by molar-refractivity contribution is 0.362. The summed E-state index contributed by atoms with van der Waals surface area (Å²) in [5.41, 5.74) is 10.8. The van der Waals surface area contributed by atoms with Gasteiger partial charge in [0.15, 0.2) is 0 Å². The third-order valence-electron chi connectivity index (χ3n) is 10.6. The molecular weight excluding hydrogens is 571 g/mol. The van der Waals surface area contributed by atoms with E-state index in [1.165, 1.54) is 60.6 Å². The predicted molar refractivity (Wildman–Crippen MR) is 198 cm³/mol. The van der Waals surface area contributed by atoms with Gasteiger partial charge in [-0.1, -0.05) is 129 Å². The number of hydrogen-bond donors (Lipinski definition) is 0. The van der Waals surface area contributed by atoms with E-state index >= 15 is 0 Å². The van der Waals surface area contributed by atoms with E-state index < -0.39 is 0 Å². The molecule has 7 aromatic rings. The van der Waals surface area contributed by atoms with Gasteiger partial charge in [-0.25, -0.2) is 0 Å². The molecule has 0 amide bonds. The SMILES string of the molecule is CCC1C(c2ccc3ccccc3c2)=NC(c2cc(C)c3c(c2)oc2ccccc23)C(C)CCC1c1ccc(-c2ccccc2)cc1. The van der Waals surface area contributed by atoms with E-state index in [0.29, 0.717) is 17.8 Å². The number of rotatable bonds is 5. The molecule has 6 aromatic carbocycles. The first-order valence-electron chi connectivity index (χ1n) is 17.2. The van der Waals surface area contributed by atoms with E-state index in [1.54, 1.807) is 0 Å². The van der Waals surface area contributed by atoms with E-state index in [1.807, 2.05) is 0 Å². The lowest BCUT2D eigenvalue weighted by atomic mass is 9.73. The first-order chi connectivity index (χ1) is 23.1. The predicted octanol–water partition coefficient (Wildman–Crippen LogP) is 12.5. The maximum atomic E-state index is 6.43. The third-order valence-corrected chi connectivity index (χ3v) is 10.6. The van der Waals surface area contributed by atoms with Gasteiger partial charge in [0.25, 0.3) is 0 Å². The molecule has 8 rings (SSSR count). The molecule has 0 bridgehead atoms. The minimum atomic E-state index is 0.0447. The fraction of sp³-hybridized carbons (Fsp3) is 0.222. The second-order valence-electron chi connectivity index (χ2n) is 13.5. The molecule has 1 aliphatic rings. The van der Waals surface area contributed by atoms with Crippen LogP contribution >= 0.6 is 0 Å². The lowest BCUT2D eigenvalue weighted by Crippen LogP contribution is -2.28. The van der Waals surface area contributed by atoms with Gasteiger partial charge in [0.05, 0.1) is 6.04 Å². The summed E-state index contributed by atoms with van der Waals surface area (Å²) < 4.78 is 6.43. The molecule has 0 saturated carbocycles. The minimum Gasteiger partial charge on any atom is -0.456 e. The average molecular weight is 612 g/mol. The van der Waals surface area contributed by atoms with Gasteiger partial charge >= 0.3 is 0 Å². The van der Waals surface area contributed by atoms with Gasteiger partial charge < -0.3 is 4.42 Å². The molecule has 0 fully saturated rings. The number of furan rings is 1. The van der Waals surface area contributed by atoms with Crippen LogP contribution in [0.25, 0.3) is 43.8 Å². The Morgan fingerprint density at radius 3 is 2.15 bits per heavy atom. The summed E-state index contributed by atoms with van der Waals surface area (Å²) in [6, 6.07) is 48.7. The maximum absolute atomic E-state index is 6.43. The quantitative estimate of drug-likeness (QED) is 0.190. The lowest BCUT2D eigenvalue weighted by Gasteiger charge is -2.35. The second kappa shape index (κ2) is 12.3. The highest BCUT2D eigenvalue weighted by Gasteiger charge is 2.33. The van der Waals surface area contributed by atoms with Crippen molar-refractivity contribution in [1.29, 1.82) is 0 Å². The largest absolute Gasteiger partial charge is 0.456 e. The minimum absolute atomic E-state index is 0.0447. The zero-order valence-corrected chi connectivity index (χ0v) is 27.5. The monoisotopic (exact) mass is 611 g/mol. The Hall–Kier alpha value is -4.95. The van der Waals surface area contributed by atoms with E-state index in [0.717, 1.165) is 30.4 Å². The number of fused-ring (bicyclic) bond motifs is 4. The molecule has 2 heteroatoms. The number of aryl methyl sites for hydroxylation is 1. The molecular formula is C45H41NO. The zero-order valence-electron chi connectivity index (χ0n) is 27.5. The van der Waals surface area contributed by atoms with Crippen molar-refractivity contribution in [2.24, 2.45) is 16.8 Å². The Labute approximate surface area is 277 Å². The summed E-state index contributed by atoms with van der Waals surface area (Å²) in [7, 11) is 0. The average Bonchev–Trinajstić information content (AvgIpc) is 3.49. The van der Waals surface area contributed by atoms with Crippen molar-refractivity contribution >= 4 is 38.4 Å². The van der Waals surface area contributed by atoms with Crippen molar-refractivity contribution in [3.05, 3.63) is 156 Å². The van der Waals surface area contributed by atoms with Gasteiger partial charge in [0, 0.05) is 22.4 Å². The van der Waals surface area contributed by atoms with Crippen LogP contribution in [0.3, 0.4) is 0 Å². The Morgan fingerprint density at radius 2 is 1.34 bits per heavy atom. The smallest absolute Gasteiger partial charge is 0.136 e. The van der Waals surface area contributed by atoms with Gasteiger partial charge in [-0.2, -0.15) is 0 Å². The number of para-hydroxylation sites is 1. The van der Waals surface area contributed by atoms with Gasteiger partial charge in [-0.15, -0.1) is 0 Å². The van der Waals surface area contributed by atoms with Gasteiger partial charge in [-0.05, 0) is 100 Å². The number of hydrogen-bond acceptors (Lipinski definition) is 2. The number of aliphatic imine (C=N–C) groups is 1.